The van der Waals surface area contributed by atoms with Gasteiger partial charge in [0.2, 0.25) is 0 Å². The van der Waals surface area contributed by atoms with E-state index in [0.717, 1.165) is 15.8 Å². The van der Waals surface area contributed by atoms with Crippen LogP contribution in [0.2, 0.25) is 5.02 Å². The molecule has 5 rings (SSSR count). The summed E-state index contributed by atoms with van der Waals surface area (Å²) in [5.41, 5.74) is 4.72. The summed E-state index contributed by atoms with van der Waals surface area (Å²) in [6, 6.07) is 13.9. The maximum Gasteiger partial charge on any atom is 0.262 e. The number of thiazole rings is 1. The van der Waals surface area contributed by atoms with Crippen molar-refractivity contribution in [2.75, 3.05) is 0 Å². The molecule has 0 radical (unpaired) electrons. The monoisotopic (exact) mass is 419 g/mol. The number of carbonyl (C=O) groups is 2. The largest absolute Gasteiger partial charge is 0.269 e. The zero-order valence-electron chi connectivity index (χ0n) is 15.3. The summed E-state index contributed by atoms with van der Waals surface area (Å²) in [5, 5.41) is 1.40. The normalized spacial score (nSPS) is 14.5. The van der Waals surface area contributed by atoms with E-state index in [9.17, 15) is 9.59 Å². The Balaban J connectivity index is 1.70. The van der Waals surface area contributed by atoms with E-state index in [1.807, 2.05) is 25.1 Å². The maximum atomic E-state index is 13.0. The van der Waals surface area contributed by atoms with Gasteiger partial charge in [0, 0.05) is 17.1 Å². The van der Waals surface area contributed by atoms with Crippen LogP contribution in [0.4, 0.5) is 0 Å². The lowest BCUT2D eigenvalue weighted by Gasteiger charge is -2.25. The predicted molar refractivity (Wildman–Crippen MR) is 113 cm³/mol. The minimum absolute atomic E-state index is 0.292. The van der Waals surface area contributed by atoms with E-state index in [2.05, 4.69) is 4.98 Å². The SMILES string of the molecule is C[C@@H](c1cc2cccc(Cl)c2nc1-c1cncs1)N1C(=O)c2ccccc2C1=O. The number of pyridine rings is 1. The van der Waals surface area contributed by atoms with Crippen LogP contribution in [0.1, 0.15) is 39.2 Å². The number of benzene rings is 2. The van der Waals surface area contributed by atoms with Crippen molar-refractivity contribution in [3.8, 4) is 10.6 Å². The van der Waals surface area contributed by atoms with Gasteiger partial charge >= 0.3 is 0 Å². The summed E-state index contributed by atoms with van der Waals surface area (Å²) in [6.07, 6.45) is 1.73. The van der Waals surface area contributed by atoms with Gasteiger partial charge in [-0.2, -0.15) is 0 Å². The molecule has 0 spiro atoms. The first-order chi connectivity index (χ1) is 14.1. The van der Waals surface area contributed by atoms with Gasteiger partial charge in [0.1, 0.15) is 0 Å². The summed E-state index contributed by atoms with van der Waals surface area (Å²) in [6.45, 7) is 1.85. The third-order valence-electron chi connectivity index (χ3n) is 5.15. The van der Waals surface area contributed by atoms with Crippen LogP contribution >= 0.6 is 22.9 Å². The van der Waals surface area contributed by atoms with Crippen LogP contribution in [0.15, 0.2) is 60.2 Å². The lowest BCUT2D eigenvalue weighted by Crippen LogP contribution is -2.33. The van der Waals surface area contributed by atoms with Crippen LogP contribution in [0.25, 0.3) is 21.5 Å². The molecule has 1 aliphatic rings. The Bertz CT molecular complexity index is 1250. The topological polar surface area (TPSA) is 63.2 Å². The molecule has 0 fully saturated rings. The average Bonchev–Trinajstić information content (AvgIpc) is 3.35. The molecule has 0 saturated carbocycles. The molecule has 142 valence electrons. The Hall–Kier alpha value is -3.09. The molecule has 1 atom stereocenters. The second kappa shape index (κ2) is 6.76. The van der Waals surface area contributed by atoms with E-state index in [1.165, 1.54) is 16.2 Å². The fourth-order valence-electron chi connectivity index (χ4n) is 3.73. The van der Waals surface area contributed by atoms with Gasteiger partial charge < -0.3 is 0 Å². The van der Waals surface area contributed by atoms with Crippen LogP contribution in [0.3, 0.4) is 0 Å². The van der Waals surface area contributed by atoms with Crippen LogP contribution in [-0.2, 0) is 0 Å². The van der Waals surface area contributed by atoms with Gasteiger partial charge in [-0.15, -0.1) is 11.3 Å². The van der Waals surface area contributed by atoms with Crippen LogP contribution in [-0.4, -0.2) is 26.7 Å². The number of imide groups is 1. The van der Waals surface area contributed by atoms with Gasteiger partial charge in [0.25, 0.3) is 11.8 Å². The van der Waals surface area contributed by atoms with E-state index in [-0.39, 0.29) is 11.8 Å². The van der Waals surface area contributed by atoms with E-state index >= 15 is 0 Å². The molecule has 7 heteroatoms. The second-order valence-electron chi connectivity index (χ2n) is 6.81. The van der Waals surface area contributed by atoms with Crippen molar-refractivity contribution in [1.29, 1.82) is 0 Å². The van der Waals surface area contributed by atoms with E-state index in [1.54, 1.807) is 42.0 Å². The Kier molecular flexibility index (Phi) is 4.19. The fourth-order valence-corrected chi connectivity index (χ4v) is 4.58. The highest BCUT2D eigenvalue weighted by atomic mass is 35.5. The lowest BCUT2D eigenvalue weighted by molar-refractivity contribution is 0.0595. The summed E-state index contributed by atoms with van der Waals surface area (Å²) in [5.74, 6) is -0.584. The molecule has 3 heterocycles. The van der Waals surface area contributed by atoms with Crippen LogP contribution < -0.4 is 0 Å². The van der Waals surface area contributed by atoms with E-state index in [4.69, 9.17) is 16.6 Å². The number of hydrogen-bond acceptors (Lipinski definition) is 5. The summed E-state index contributed by atoms with van der Waals surface area (Å²) < 4.78 is 0. The summed E-state index contributed by atoms with van der Waals surface area (Å²) >= 11 is 7.81. The zero-order chi connectivity index (χ0) is 20.1. The number of fused-ring (bicyclic) bond motifs is 2. The molecular weight excluding hydrogens is 406 g/mol. The standard InChI is InChI=1S/C22H14ClN3O2S/c1-12(26-21(27)14-6-2-3-7-15(14)22(26)28)16-9-13-5-4-8-17(23)19(13)25-20(16)18-10-24-11-29-18/h2-12H,1H3/t12-/m0/s1. The summed E-state index contributed by atoms with van der Waals surface area (Å²) in [7, 11) is 0. The van der Waals surface area contributed by atoms with E-state index < -0.39 is 6.04 Å². The van der Waals surface area contributed by atoms with Crippen molar-refractivity contribution in [2.24, 2.45) is 0 Å². The van der Waals surface area contributed by atoms with E-state index in [0.29, 0.717) is 27.4 Å². The predicted octanol–water partition coefficient (Wildman–Crippen LogP) is 5.37. The van der Waals surface area contributed by atoms with Gasteiger partial charge in [-0.3, -0.25) is 19.5 Å². The van der Waals surface area contributed by atoms with Gasteiger partial charge in [-0.1, -0.05) is 35.9 Å². The van der Waals surface area contributed by atoms with Gasteiger partial charge in [-0.25, -0.2) is 4.98 Å². The minimum Gasteiger partial charge on any atom is -0.269 e. The number of nitrogens with zero attached hydrogens (tertiary/aromatic N) is 3. The molecule has 29 heavy (non-hydrogen) atoms. The molecule has 2 aromatic heterocycles. The van der Waals surface area contributed by atoms with Crippen molar-refractivity contribution in [2.45, 2.75) is 13.0 Å². The highest BCUT2D eigenvalue weighted by Gasteiger charge is 2.39. The first kappa shape index (κ1) is 18.0. The van der Waals surface area contributed by atoms with Crippen molar-refractivity contribution >= 4 is 45.7 Å². The number of halogens is 1. The molecule has 0 aliphatic carbocycles. The van der Waals surface area contributed by atoms with Crippen molar-refractivity contribution in [1.82, 2.24) is 14.9 Å². The molecule has 0 unspecified atom stereocenters. The van der Waals surface area contributed by atoms with Crippen molar-refractivity contribution in [3.63, 3.8) is 0 Å². The first-order valence-corrected chi connectivity index (χ1v) is 10.3. The molecule has 0 saturated heterocycles. The Labute approximate surface area is 175 Å². The fraction of sp³-hybridized carbons (Fsp3) is 0.0909. The molecule has 0 bridgehead atoms. The van der Waals surface area contributed by atoms with Crippen molar-refractivity contribution in [3.05, 3.63) is 82.0 Å². The highest BCUT2D eigenvalue weighted by Crippen LogP contribution is 2.38. The van der Waals surface area contributed by atoms with Crippen LogP contribution in [0, 0.1) is 0 Å². The lowest BCUT2D eigenvalue weighted by atomic mass is 10.0. The van der Waals surface area contributed by atoms with Crippen molar-refractivity contribution < 1.29 is 9.59 Å². The molecule has 1 aliphatic heterocycles. The Morgan fingerprint density at radius 1 is 1.03 bits per heavy atom. The molecule has 2 aromatic carbocycles. The Morgan fingerprint density at radius 3 is 2.41 bits per heavy atom. The van der Waals surface area contributed by atoms with Crippen LogP contribution in [0.5, 0.6) is 0 Å². The number of para-hydroxylation sites is 1. The molecule has 4 aromatic rings. The number of aromatic nitrogens is 2. The number of carbonyl (C=O) groups excluding carboxylic acids is 2. The Morgan fingerprint density at radius 2 is 1.76 bits per heavy atom. The minimum atomic E-state index is -0.504. The van der Waals surface area contributed by atoms with Gasteiger partial charge in [0.05, 0.1) is 43.8 Å². The number of rotatable bonds is 3. The second-order valence-corrected chi connectivity index (χ2v) is 8.10. The van der Waals surface area contributed by atoms with Gasteiger partial charge in [-0.05, 0) is 31.2 Å². The summed E-state index contributed by atoms with van der Waals surface area (Å²) in [4.78, 5) is 37.1. The molecule has 2 amide bonds. The highest BCUT2D eigenvalue weighted by molar-refractivity contribution is 7.13. The molecule has 0 N–H and O–H groups in total. The smallest absolute Gasteiger partial charge is 0.262 e. The third kappa shape index (κ3) is 2.75. The maximum absolute atomic E-state index is 13.0. The quantitative estimate of drug-likeness (QED) is 0.419. The number of amides is 2. The zero-order valence-corrected chi connectivity index (χ0v) is 16.9. The van der Waals surface area contributed by atoms with Gasteiger partial charge in [0.15, 0.2) is 0 Å². The number of hydrogen-bond donors (Lipinski definition) is 0. The first-order valence-electron chi connectivity index (χ1n) is 9.01. The third-order valence-corrected chi connectivity index (χ3v) is 6.24. The molecule has 5 nitrogen and oxygen atoms in total. The average molecular weight is 420 g/mol. The molecular formula is C22H14ClN3O2S.